The normalized spacial score (nSPS) is 9.64. The molecule has 0 amide bonds. The summed E-state index contributed by atoms with van der Waals surface area (Å²) in [6, 6.07) is 0. The zero-order chi connectivity index (χ0) is 8.53. The number of ether oxygens (including phenoxy) is 2. The Hall–Kier alpha value is -0.393. The van der Waals surface area contributed by atoms with E-state index in [0.717, 1.165) is 0 Å². The molecular formula is C6H12O4Si. The van der Waals surface area contributed by atoms with Crippen molar-refractivity contribution in [1.82, 2.24) is 0 Å². The summed E-state index contributed by atoms with van der Waals surface area (Å²) in [5, 5.41) is 0. The smallest absolute Gasteiger partial charge is 0.304 e. The molecule has 0 spiro atoms. The van der Waals surface area contributed by atoms with Crippen molar-refractivity contribution in [1.29, 1.82) is 0 Å². The van der Waals surface area contributed by atoms with Crippen LogP contribution in [-0.4, -0.2) is 35.7 Å². The van der Waals surface area contributed by atoms with Crippen LogP contribution >= 0.6 is 0 Å². The lowest BCUT2D eigenvalue weighted by Crippen LogP contribution is -2.09. The highest BCUT2D eigenvalue weighted by atomic mass is 28.2. The van der Waals surface area contributed by atoms with E-state index in [9.17, 15) is 4.79 Å². The minimum Gasteiger partial charge on any atom is -0.439 e. The predicted molar refractivity (Wildman–Crippen MR) is 40.2 cm³/mol. The van der Waals surface area contributed by atoms with Gasteiger partial charge in [0.05, 0.1) is 13.2 Å². The molecule has 5 heteroatoms. The van der Waals surface area contributed by atoms with Crippen molar-refractivity contribution in [3.63, 3.8) is 0 Å². The molecule has 0 heterocycles. The third-order valence-corrected chi connectivity index (χ3v) is 1.31. The van der Waals surface area contributed by atoms with Crippen molar-refractivity contribution in [2.24, 2.45) is 0 Å². The van der Waals surface area contributed by atoms with Crippen molar-refractivity contribution in [3.8, 4) is 0 Å². The van der Waals surface area contributed by atoms with Crippen molar-refractivity contribution >= 4 is 15.7 Å². The molecule has 0 fully saturated rings. The molecule has 0 aromatic carbocycles. The highest BCUT2D eigenvalue weighted by molar-refractivity contribution is 6.24. The lowest BCUT2D eigenvalue weighted by molar-refractivity contribution is -0.154. The summed E-state index contributed by atoms with van der Waals surface area (Å²) >= 11 is 0. The largest absolute Gasteiger partial charge is 0.439 e. The van der Waals surface area contributed by atoms with Gasteiger partial charge >= 0.3 is 5.97 Å². The van der Waals surface area contributed by atoms with Crippen LogP contribution in [0.4, 0.5) is 0 Å². The molecule has 0 aromatic heterocycles. The second-order valence-electron chi connectivity index (χ2n) is 1.71. The lowest BCUT2D eigenvalue weighted by Gasteiger charge is -2.03. The molecule has 0 aliphatic rings. The topological polar surface area (TPSA) is 44.8 Å². The van der Waals surface area contributed by atoms with Crippen LogP contribution in [0, 0.1) is 0 Å². The van der Waals surface area contributed by atoms with E-state index >= 15 is 0 Å². The molecule has 4 nitrogen and oxygen atoms in total. The molecule has 0 aliphatic heterocycles. The number of hydrogen-bond acceptors (Lipinski definition) is 4. The zero-order valence-corrected chi connectivity index (χ0v) is 7.75. The first kappa shape index (κ1) is 10.6. The highest BCUT2D eigenvalue weighted by Crippen LogP contribution is 1.80. The van der Waals surface area contributed by atoms with Crippen LogP contribution in [0.1, 0.15) is 6.92 Å². The summed E-state index contributed by atoms with van der Waals surface area (Å²) in [5.41, 5.74) is 0. The molecule has 0 atom stereocenters. The number of carbonyl (C=O) groups excluding carboxylic acids is 1. The Bertz CT molecular complexity index is 107. The Morgan fingerprint density at radius 3 is 2.73 bits per heavy atom. The van der Waals surface area contributed by atoms with Crippen LogP contribution < -0.4 is 0 Å². The third kappa shape index (κ3) is 9.61. The van der Waals surface area contributed by atoms with E-state index in [1.165, 1.54) is 6.92 Å². The van der Waals surface area contributed by atoms with Gasteiger partial charge in [-0.2, -0.15) is 0 Å². The first-order chi connectivity index (χ1) is 5.27. The standard InChI is InChI=1S/C6H12O4Si/c1-6(7)9-5-8-3-4-10-11-2/h3-5H2,1-2H3. The number of esters is 1. The molecule has 2 radical (unpaired) electrons. The van der Waals surface area contributed by atoms with Crippen LogP contribution in [0.25, 0.3) is 0 Å². The maximum Gasteiger partial charge on any atom is 0.304 e. The number of hydrogen-bond donors (Lipinski definition) is 0. The highest BCUT2D eigenvalue weighted by Gasteiger charge is 1.91. The maximum absolute atomic E-state index is 10.2. The van der Waals surface area contributed by atoms with Crippen molar-refractivity contribution < 1.29 is 18.7 Å². The molecule has 0 saturated heterocycles. The van der Waals surface area contributed by atoms with E-state index in [1.54, 1.807) is 0 Å². The fourth-order valence-electron chi connectivity index (χ4n) is 0.386. The second-order valence-corrected chi connectivity index (χ2v) is 2.41. The summed E-state index contributed by atoms with van der Waals surface area (Å²) in [5.74, 6) is -0.330. The minimum atomic E-state index is -0.330. The molecule has 0 aromatic rings. The summed E-state index contributed by atoms with van der Waals surface area (Å²) < 4.78 is 14.4. The van der Waals surface area contributed by atoms with Crippen LogP contribution in [0.15, 0.2) is 0 Å². The van der Waals surface area contributed by atoms with Crippen LogP contribution in [0.3, 0.4) is 0 Å². The fourth-order valence-corrected chi connectivity index (χ4v) is 0.674. The van der Waals surface area contributed by atoms with Gasteiger partial charge in [-0.3, -0.25) is 4.79 Å². The van der Waals surface area contributed by atoms with Gasteiger partial charge in [0.25, 0.3) is 0 Å². The van der Waals surface area contributed by atoms with E-state index < -0.39 is 0 Å². The molecular weight excluding hydrogens is 164 g/mol. The Kier molecular flexibility index (Phi) is 7.44. The summed E-state index contributed by atoms with van der Waals surface area (Å²) in [6.07, 6.45) is 0. The Morgan fingerprint density at radius 1 is 1.45 bits per heavy atom. The van der Waals surface area contributed by atoms with E-state index in [4.69, 9.17) is 9.16 Å². The number of rotatable bonds is 6. The van der Waals surface area contributed by atoms with Crippen molar-refractivity contribution in [3.05, 3.63) is 0 Å². The van der Waals surface area contributed by atoms with Crippen LogP contribution in [0.2, 0.25) is 6.55 Å². The SMILES string of the molecule is C[Si]OCCOCOC(C)=O. The fraction of sp³-hybridized carbons (Fsp3) is 0.833. The third-order valence-electron chi connectivity index (χ3n) is 0.820. The summed E-state index contributed by atoms with van der Waals surface area (Å²) in [4.78, 5) is 10.2. The average Bonchev–Trinajstić information content (AvgIpc) is 1.96. The summed E-state index contributed by atoms with van der Waals surface area (Å²) in [6.45, 7) is 4.31. The molecule has 0 saturated carbocycles. The molecule has 11 heavy (non-hydrogen) atoms. The van der Waals surface area contributed by atoms with Gasteiger partial charge in [0.2, 0.25) is 9.76 Å². The lowest BCUT2D eigenvalue weighted by atomic mass is 10.8. The van der Waals surface area contributed by atoms with Crippen molar-refractivity contribution in [2.45, 2.75) is 13.5 Å². The maximum atomic E-state index is 10.2. The van der Waals surface area contributed by atoms with Crippen LogP contribution in [-0.2, 0) is 18.7 Å². The Morgan fingerprint density at radius 2 is 2.18 bits per heavy atom. The van der Waals surface area contributed by atoms with Gasteiger partial charge in [0.1, 0.15) is 0 Å². The van der Waals surface area contributed by atoms with Gasteiger partial charge in [-0.05, 0) is 6.55 Å². The molecule has 64 valence electrons. The van der Waals surface area contributed by atoms with Gasteiger partial charge < -0.3 is 13.9 Å². The molecule has 0 unspecified atom stereocenters. The predicted octanol–water partition coefficient (Wildman–Crippen LogP) is 0.207. The molecule has 0 bridgehead atoms. The van der Waals surface area contributed by atoms with Crippen molar-refractivity contribution in [2.75, 3.05) is 20.0 Å². The quantitative estimate of drug-likeness (QED) is 0.251. The zero-order valence-electron chi connectivity index (χ0n) is 6.75. The van der Waals surface area contributed by atoms with Gasteiger partial charge in [0, 0.05) is 6.92 Å². The molecule has 0 N–H and O–H groups in total. The second kappa shape index (κ2) is 7.71. The Labute approximate surface area is 68.8 Å². The van der Waals surface area contributed by atoms with E-state index in [2.05, 4.69) is 4.74 Å². The molecule has 0 aliphatic carbocycles. The first-order valence-corrected chi connectivity index (χ1v) is 4.68. The monoisotopic (exact) mass is 176 g/mol. The van der Waals surface area contributed by atoms with Gasteiger partial charge in [-0.1, -0.05) is 0 Å². The van der Waals surface area contributed by atoms with Gasteiger partial charge in [-0.25, -0.2) is 0 Å². The number of carbonyl (C=O) groups is 1. The minimum absolute atomic E-state index is 0.0194. The summed E-state index contributed by atoms with van der Waals surface area (Å²) in [7, 11) is 0.477. The van der Waals surface area contributed by atoms with E-state index in [-0.39, 0.29) is 12.8 Å². The van der Waals surface area contributed by atoms with Gasteiger partial charge in [0.15, 0.2) is 6.79 Å². The molecule has 0 rings (SSSR count). The van der Waals surface area contributed by atoms with Gasteiger partial charge in [-0.15, -0.1) is 0 Å². The first-order valence-electron chi connectivity index (χ1n) is 3.27. The van der Waals surface area contributed by atoms with E-state index in [0.29, 0.717) is 23.0 Å². The van der Waals surface area contributed by atoms with Crippen LogP contribution in [0.5, 0.6) is 0 Å². The average molecular weight is 176 g/mol. The Balaban J connectivity index is 2.85. The van der Waals surface area contributed by atoms with E-state index in [1.807, 2.05) is 6.55 Å².